The van der Waals surface area contributed by atoms with Crippen molar-refractivity contribution in [3.8, 4) is 5.69 Å². The second-order valence-corrected chi connectivity index (χ2v) is 9.21. The Morgan fingerprint density at radius 3 is 2.62 bits per heavy atom. The highest BCUT2D eigenvalue weighted by molar-refractivity contribution is 7.99. The summed E-state index contributed by atoms with van der Waals surface area (Å²) in [6, 6.07) is 7.71. The van der Waals surface area contributed by atoms with Gasteiger partial charge in [0.05, 0.1) is 16.5 Å². The summed E-state index contributed by atoms with van der Waals surface area (Å²) < 4.78 is 1.99. The Morgan fingerprint density at radius 2 is 1.86 bits per heavy atom. The van der Waals surface area contributed by atoms with E-state index in [0.717, 1.165) is 44.1 Å². The zero-order valence-corrected chi connectivity index (χ0v) is 18.2. The molecule has 1 amide bonds. The predicted molar refractivity (Wildman–Crippen MR) is 118 cm³/mol. The first kappa shape index (κ1) is 20.5. The lowest BCUT2D eigenvalue weighted by Crippen LogP contribution is -2.31. The Labute approximate surface area is 181 Å². The van der Waals surface area contributed by atoms with Crippen LogP contribution >= 0.6 is 23.4 Å². The van der Waals surface area contributed by atoms with E-state index in [-0.39, 0.29) is 5.91 Å². The first-order valence-corrected chi connectivity index (χ1v) is 11.9. The fraction of sp³-hybridized carbons (Fsp3) is 0.571. The Kier molecular flexibility index (Phi) is 6.98. The summed E-state index contributed by atoms with van der Waals surface area (Å²) in [5.41, 5.74) is 0.853. The van der Waals surface area contributed by atoms with E-state index in [1.807, 2.05) is 28.8 Å². The zero-order valence-electron chi connectivity index (χ0n) is 16.6. The van der Waals surface area contributed by atoms with Crippen molar-refractivity contribution in [1.82, 2.24) is 20.1 Å². The van der Waals surface area contributed by atoms with E-state index < -0.39 is 0 Å². The highest BCUT2D eigenvalue weighted by atomic mass is 35.5. The van der Waals surface area contributed by atoms with Crippen LogP contribution in [0.25, 0.3) is 5.69 Å². The number of para-hydroxylation sites is 1. The Hall–Kier alpha value is -1.73. The number of amides is 1. The van der Waals surface area contributed by atoms with Gasteiger partial charge in [-0.05, 0) is 43.7 Å². The van der Waals surface area contributed by atoms with Gasteiger partial charge in [0.1, 0.15) is 0 Å². The molecule has 0 unspecified atom stereocenters. The molecule has 1 aromatic heterocycles. The number of carbonyl (C=O) groups is 1. The van der Waals surface area contributed by atoms with Gasteiger partial charge in [0.25, 0.3) is 0 Å². The average Bonchev–Trinajstić information content (AvgIpc) is 3.41. The molecule has 4 rings (SSSR count). The monoisotopic (exact) mass is 433 g/mol. The molecule has 156 valence electrons. The first-order valence-electron chi connectivity index (χ1n) is 10.6. The summed E-state index contributed by atoms with van der Waals surface area (Å²) in [7, 11) is 0. The number of nitrogens with one attached hydrogen (secondary N) is 1. The number of aromatic nitrogens is 3. The molecule has 2 aromatic rings. The first-order chi connectivity index (χ1) is 14.2. The SMILES string of the molecule is O=C(CSc1nnc(N2CCCC2)n1-c1ccccc1Cl)NCC1CCCCC1. The molecule has 2 heterocycles. The van der Waals surface area contributed by atoms with Crippen LogP contribution in [-0.4, -0.2) is 46.1 Å². The fourth-order valence-electron chi connectivity index (χ4n) is 4.15. The van der Waals surface area contributed by atoms with E-state index in [1.165, 1.54) is 43.9 Å². The number of nitrogens with zero attached hydrogens (tertiary/aromatic N) is 4. The Morgan fingerprint density at radius 1 is 1.10 bits per heavy atom. The van der Waals surface area contributed by atoms with Gasteiger partial charge in [-0.3, -0.25) is 9.36 Å². The van der Waals surface area contributed by atoms with E-state index in [1.54, 1.807) is 0 Å². The minimum absolute atomic E-state index is 0.0528. The number of carbonyl (C=O) groups excluding carboxylic acids is 1. The molecule has 2 aliphatic rings. The summed E-state index contributed by atoms with van der Waals surface area (Å²) >= 11 is 7.90. The van der Waals surface area contributed by atoms with E-state index in [9.17, 15) is 4.79 Å². The molecule has 0 bridgehead atoms. The molecule has 0 atom stereocenters. The van der Waals surface area contributed by atoms with Crippen molar-refractivity contribution in [2.24, 2.45) is 5.92 Å². The number of rotatable bonds is 7. The quantitative estimate of drug-likeness (QED) is 0.659. The van der Waals surface area contributed by atoms with Crippen LogP contribution in [0.1, 0.15) is 44.9 Å². The Bertz CT molecular complexity index is 830. The fourth-order valence-corrected chi connectivity index (χ4v) is 5.14. The smallest absolute Gasteiger partial charge is 0.232 e. The van der Waals surface area contributed by atoms with Gasteiger partial charge >= 0.3 is 0 Å². The van der Waals surface area contributed by atoms with Crippen molar-refractivity contribution in [2.45, 2.75) is 50.1 Å². The van der Waals surface area contributed by atoms with Crippen LogP contribution in [0, 0.1) is 5.92 Å². The van der Waals surface area contributed by atoms with Crippen molar-refractivity contribution in [2.75, 3.05) is 30.3 Å². The Balaban J connectivity index is 1.45. The standard InChI is InChI=1S/C21H28ClN5OS/c22-17-10-4-5-11-18(17)27-20(26-12-6-7-13-26)24-25-21(27)29-15-19(28)23-14-16-8-2-1-3-9-16/h4-5,10-11,16H,1-3,6-9,12-15H2,(H,23,28). The van der Waals surface area contributed by atoms with Crippen molar-refractivity contribution in [3.05, 3.63) is 29.3 Å². The van der Waals surface area contributed by atoms with E-state index in [2.05, 4.69) is 20.4 Å². The summed E-state index contributed by atoms with van der Waals surface area (Å²) in [5, 5.41) is 13.3. The van der Waals surface area contributed by atoms with Crippen molar-refractivity contribution >= 4 is 35.2 Å². The average molecular weight is 434 g/mol. The topological polar surface area (TPSA) is 63.1 Å². The molecular formula is C21H28ClN5OS. The lowest BCUT2D eigenvalue weighted by Gasteiger charge is -2.21. The van der Waals surface area contributed by atoms with Crippen molar-refractivity contribution in [1.29, 1.82) is 0 Å². The molecule has 8 heteroatoms. The summed E-state index contributed by atoms with van der Waals surface area (Å²) in [6.07, 6.45) is 8.67. The molecule has 1 aliphatic heterocycles. The molecule has 1 aromatic carbocycles. The van der Waals surface area contributed by atoms with Crippen LogP contribution in [0.5, 0.6) is 0 Å². The summed E-state index contributed by atoms with van der Waals surface area (Å²) in [4.78, 5) is 14.7. The molecule has 0 radical (unpaired) electrons. The lowest BCUT2D eigenvalue weighted by atomic mass is 9.89. The van der Waals surface area contributed by atoms with Crippen LogP contribution in [-0.2, 0) is 4.79 Å². The second-order valence-electron chi connectivity index (χ2n) is 7.86. The molecule has 1 saturated carbocycles. The van der Waals surface area contributed by atoms with Gasteiger partial charge in [0.15, 0.2) is 5.16 Å². The molecule has 2 fully saturated rings. The van der Waals surface area contributed by atoms with Gasteiger partial charge in [0, 0.05) is 19.6 Å². The molecule has 1 aliphatic carbocycles. The van der Waals surface area contributed by atoms with Gasteiger partial charge in [-0.1, -0.05) is 54.8 Å². The van der Waals surface area contributed by atoms with Gasteiger partial charge in [0.2, 0.25) is 11.9 Å². The van der Waals surface area contributed by atoms with Gasteiger partial charge < -0.3 is 10.2 Å². The van der Waals surface area contributed by atoms with E-state index >= 15 is 0 Å². The van der Waals surface area contributed by atoms with E-state index in [0.29, 0.717) is 21.8 Å². The maximum Gasteiger partial charge on any atom is 0.232 e. The molecule has 1 N–H and O–H groups in total. The van der Waals surface area contributed by atoms with Crippen LogP contribution in [0.2, 0.25) is 5.02 Å². The second kappa shape index (κ2) is 9.85. The normalized spacial score (nSPS) is 17.6. The highest BCUT2D eigenvalue weighted by Gasteiger charge is 2.24. The van der Waals surface area contributed by atoms with E-state index in [4.69, 9.17) is 11.6 Å². The van der Waals surface area contributed by atoms with Crippen LogP contribution in [0.3, 0.4) is 0 Å². The number of thioether (sulfide) groups is 1. The maximum absolute atomic E-state index is 12.4. The predicted octanol–water partition coefficient (Wildman–Crippen LogP) is 4.31. The van der Waals surface area contributed by atoms with Crippen molar-refractivity contribution in [3.63, 3.8) is 0 Å². The van der Waals surface area contributed by atoms with Crippen LogP contribution in [0.15, 0.2) is 29.4 Å². The third kappa shape index (κ3) is 5.07. The van der Waals surface area contributed by atoms with Gasteiger partial charge in [-0.25, -0.2) is 0 Å². The molecule has 0 spiro atoms. The van der Waals surface area contributed by atoms with Gasteiger partial charge in [-0.2, -0.15) is 0 Å². The number of anilines is 1. The summed E-state index contributed by atoms with van der Waals surface area (Å²) in [5.74, 6) is 1.82. The maximum atomic E-state index is 12.4. The molecule has 1 saturated heterocycles. The van der Waals surface area contributed by atoms with Gasteiger partial charge in [-0.15, -0.1) is 10.2 Å². The van der Waals surface area contributed by atoms with Crippen LogP contribution in [0.4, 0.5) is 5.95 Å². The largest absolute Gasteiger partial charge is 0.355 e. The third-order valence-electron chi connectivity index (χ3n) is 5.74. The van der Waals surface area contributed by atoms with Crippen molar-refractivity contribution < 1.29 is 4.79 Å². The lowest BCUT2D eigenvalue weighted by molar-refractivity contribution is -0.118. The molecular weight excluding hydrogens is 406 g/mol. The zero-order chi connectivity index (χ0) is 20.1. The summed E-state index contributed by atoms with van der Waals surface area (Å²) in [6.45, 7) is 2.72. The number of hydrogen-bond acceptors (Lipinski definition) is 5. The minimum Gasteiger partial charge on any atom is -0.355 e. The number of hydrogen-bond donors (Lipinski definition) is 1. The third-order valence-corrected chi connectivity index (χ3v) is 6.99. The molecule has 6 nitrogen and oxygen atoms in total. The minimum atomic E-state index is 0.0528. The van der Waals surface area contributed by atoms with Crippen LogP contribution < -0.4 is 10.2 Å². The molecule has 29 heavy (non-hydrogen) atoms. The number of benzene rings is 1. The highest BCUT2D eigenvalue weighted by Crippen LogP contribution is 2.31. The number of halogens is 1.